The minimum absolute atomic E-state index is 0.211. The number of rotatable bonds is 6. The smallest absolute Gasteiger partial charge is 0.306 e. The third-order valence-corrected chi connectivity index (χ3v) is 3.78. The first kappa shape index (κ1) is 16.0. The van der Waals surface area contributed by atoms with E-state index in [1.54, 1.807) is 11.8 Å². The van der Waals surface area contributed by atoms with Crippen LogP contribution in [0.5, 0.6) is 0 Å². The van der Waals surface area contributed by atoms with E-state index in [1.807, 2.05) is 30.3 Å². The predicted octanol–water partition coefficient (Wildman–Crippen LogP) is 3.85. The lowest BCUT2D eigenvalue weighted by molar-refractivity contribution is -0.387. The van der Waals surface area contributed by atoms with Crippen LogP contribution in [0.15, 0.2) is 53.4 Å². The molecule has 114 valence electrons. The molecule has 2 aromatic carbocycles. The topological polar surface area (TPSA) is 72.2 Å². The monoisotopic (exact) mass is 320 g/mol. The Kier molecular flexibility index (Phi) is 5.48. The molecule has 7 heteroatoms. The third-order valence-electron chi connectivity index (χ3n) is 2.77. The molecular formula is C15H13FN2O3S. The number of carbonyl (C=O) groups is 1. The van der Waals surface area contributed by atoms with Gasteiger partial charge in [-0.1, -0.05) is 18.2 Å². The highest BCUT2D eigenvalue weighted by Crippen LogP contribution is 2.22. The number of nitro groups is 1. The lowest BCUT2D eigenvalue weighted by Gasteiger charge is -2.05. The van der Waals surface area contributed by atoms with E-state index in [0.717, 1.165) is 17.0 Å². The van der Waals surface area contributed by atoms with Crippen molar-refractivity contribution in [1.29, 1.82) is 0 Å². The Labute approximate surface area is 130 Å². The molecule has 0 bridgehead atoms. The third kappa shape index (κ3) is 4.56. The Balaban J connectivity index is 1.87. The van der Waals surface area contributed by atoms with E-state index in [1.165, 1.54) is 6.07 Å². The van der Waals surface area contributed by atoms with E-state index < -0.39 is 16.4 Å². The molecule has 0 aromatic heterocycles. The van der Waals surface area contributed by atoms with Gasteiger partial charge in [-0.2, -0.15) is 4.39 Å². The highest BCUT2D eigenvalue weighted by atomic mass is 32.2. The number of nitro benzene ring substituents is 1. The first-order valence-electron chi connectivity index (χ1n) is 6.48. The number of benzene rings is 2. The van der Waals surface area contributed by atoms with Gasteiger partial charge in [0.05, 0.1) is 4.92 Å². The van der Waals surface area contributed by atoms with Gasteiger partial charge in [-0.15, -0.1) is 11.8 Å². The predicted molar refractivity (Wildman–Crippen MR) is 83.5 cm³/mol. The maximum absolute atomic E-state index is 13.2. The quantitative estimate of drug-likeness (QED) is 0.498. The normalized spacial score (nSPS) is 10.2. The summed E-state index contributed by atoms with van der Waals surface area (Å²) in [6, 6.07) is 12.9. The second-order valence-electron chi connectivity index (χ2n) is 4.38. The first-order chi connectivity index (χ1) is 10.6. The standard InChI is InChI=1S/C15H13FN2O3S/c16-13-7-6-11(10-14(13)18(20)21)17-15(19)8-9-22-12-4-2-1-3-5-12/h1-7,10H,8-9H2,(H,17,19). The highest BCUT2D eigenvalue weighted by molar-refractivity contribution is 7.99. The van der Waals surface area contributed by atoms with Gasteiger partial charge >= 0.3 is 5.69 Å². The van der Waals surface area contributed by atoms with Gasteiger partial charge in [0.2, 0.25) is 11.7 Å². The van der Waals surface area contributed by atoms with Gasteiger partial charge in [0.15, 0.2) is 0 Å². The minimum Gasteiger partial charge on any atom is -0.326 e. The van der Waals surface area contributed by atoms with Gasteiger partial charge < -0.3 is 5.32 Å². The van der Waals surface area contributed by atoms with Gasteiger partial charge in [0, 0.05) is 28.8 Å². The molecule has 0 aliphatic carbocycles. The average Bonchev–Trinajstić information content (AvgIpc) is 2.50. The summed E-state index contributed by atoms with van der Waals surface area (Å²) in [6.45, 7) is 0. The number of carbonyl (C=O) groups excluding carboxylic acids is 1. The van der Waals surface area contributed by atoms with Gasteiger partial charge in [-0.3, -0.25) is 14.9 Å². The zero-order chi connectivity index (χ0) is 15.9. The fourth-order valence-corrected chi connectivity index (χ4v) is 2.60. The average molecular weight is 320 g/mol. The number of thioether (sulfide) groups is 1. The van der Waals surface area contributed by atoms with Crippen LogP contribution in [0.4, 0.5) is 15.8 Å². The number of hydrogen-bond donors (Lipinski definition) is 1. The van der Waals surface area contributed by atoms with Crippen molar-refractivity contribution in [3.63, 3.8) is 0 Å². The Morgan fingerprint density at radius 3 is 2.64 bits per heavy atom. The summed E-state index contributed by atoms with van der Waals surface area (Å²) in [7, 11) is 0. The summed E-state index contributed by atoms with van der Waals surface area (Å²) < 4.78 is 13.2. The van der Waals surface area contributed by atoms with Crippen LogP contribution in [0, 0.1) is 15.9 Å². The molecule has 0 atom stereocenters. The van der Waals surface area contributed by atoms with E-state index in [9.17, 15) is 19.3 Å². The van der Waals surface area contributed by atoms with Crippen LogP contribution in [-0.2, 0) is 4.79 Å². The van der Waals surface area contributed by atoms with Crippen molar-refractivity contribution < 1.29 is 14.1 Å². The summed E-state index contributed by atoms with van der Waals surface area (Å²) in [6.07, 6.45) is 0.255. The Morgan fingerprint density at radius 1 is 1.23 bits per heavy atom. The lowest BCUT2D eigenvalue weighted by Crippen LogP contribution is -2.12. The van der Waals surface area contributed by atoms with Crippen LogP contribution < -0.4 is 5.32 Å². The number of hydrogen-bond acceptors (Lipinski definition) is 4. The molecule has 0 radical (unpaired) electrons. The number of amides is 1. The molecule has 0 saturated carbocycles. The lowest BCUT2D eigenvalue weighted by atomic mass is 10.2. The molecule has 0 spiro atoms. The second kappa shape index (κ2) is 7.56. The number of anilines is 1. The van der Waals surface area contributed by atoms with Gasteiger partial charge in [0.25, 0.3) is 0 Å². The summed E-state index contributed by atoms with van der Waals surface area (Å²) in [5.41, 5.74) is -0.445. The molecule has 0 aliphatic heterocycles. The van der Waals surface area contributed by atoms with Crippen molar-refractivity contribution in [1.82, 2.24) is 0 Å². The maximum atomic E-state index is 13.2. The zero-order valence-electron chi connectivity index (χ0n) is 11.5. The van der Waals surface area contributed by atoms with Crippen molar-refractivity contribution in [3.05, 3.63) is 64.5 Å². The maximum Gasteiger partial charge on any atom is 0.306 e. The van der Waals surface area contributed by atoms with Crippen LogP contribution in [0.1, 0.15) is 6.42 Å². The summed E-state index contributed by atoms with van der Waals surface area (Å²) in [5, 5.41) is 13.2. The molecule has 2 aromatic rings. The molecular weight excluding hydrogens is 307 g/mol. The van der Waals surface area contributed by atoms with Crippen LogP contribution >= 0.6 is 11.8 Å². The molecule has 2 rings (SSSR count). The number of nitrogens with one attached hydrogen (secondary N) is 1. The van der Waals surface area contributed by atoms with E-state index in [2.05, 4.69) is 5.32 Å². The fourth-order valence-electron chi connectivity index (χ4n) is 1.73. The Morgan fingerprint density at radius 2 is 1.95 bits per heavy atom. The SMILES string of the molecule is O=C(CCSc1ccccc1)Nc1ccc(F)c([N+](=O)[O-])c1. The zero-order valence-corrected chi connectivity index (χ0v) is 12.3. The molecule has 5 nitrogen and oxygen atoms in total. The molecule has 0 unspecified atom stereocenters. The van der Waals surface area contributed by atoms with Gasteiger partial charge in [-0.05, 0) is 24.3 Å². The van der Waals surface area contributed by atoms with Crippen molar-refractivity contribution in [2.75, 3.05) is 11.1 Å². The van der Waals surface area contributed by atoms with Crippen LogP contribution in [0.25, 0.3) is 0 Å². The van der Waals surface area contributed by atoms with Crippen molar-refractivity contribution in [3.8, 4) is 0 Å². The van der Waals surface area contributed by atoms with Gasteiger partial charge in [-0.25, -0.2) is 0 Å². The number of halogens is 1. The molecule has 22 heavy (non-hydrogen) atoms. The van der Waals surface area contributed by atoms with E-state index in [0.29, 0.717) is 5.75 Å². The van der Waals surface area contributed by atoms with Crippen molar-refractivity contribution >= 4 is 29.0 Å². The minimum atomic E-state index is -0.928. The van der Waals surface area contributed by atoms with Gasteiger partial charge in [0.1, 0.15) is 0 Å². The first-order valence-corrected chi connectivity index (χ1v) is 7.46. The molecule has 0 saturated heterocycles. The van der Waals surface area contributed by atoms with Crippen LogP contribution in [0.2, 0.25) is 0 Å². The second-order valence-corrected chi connectivity index (χ2v) is 5.55. The highest BCUT2D eigenvalue weighted by Gasteiger charge is 2.15. The Hall–Kier alpha value is -2.41. The summed E-state index contributed by atoms with van der Waals surface area (Å²) >= 11 is 1.54. The van der Waals surface area contributed by atoms with E-state index >= 15 is 0 Å². The Bertz CT molecular complexity index is 680. The van der Waals surface area contributed by atoms with E-state index in [-0.39, 0.29) is 18.0 Å². The molecule has 0 fully saturated rings. The van der Waals surface area contributed by atoms with Crippen molar-refractivity contribution in [2.45, 2.75) is 11.3 Å². The molecule has 0 aliphatic rings. The van der Waals surface area contributed by atoms with Crippen molar-refractivity contribution in [2.24, 2.45) is 0 Å². The van der Waals surface area contributed by atoms with Crippen LogP contribution in [-0.4, -0.2) is 16.6 Å². The fraction of sp³-hybridized carbons (Fsp3) is 0.133. The summed E-state index contributed by atoms with van der Waals surface area (Å²) in [5.74, 6) is -0.619. The van der Waals surface area contributed by atoms with E-state index in [4.69, 9.17) is 0 Å². The molecule has 0 heterocycles. The molecule has 1 N–H and O–H groups in total. The number of nitrogens with zero attached hydrogens (tertiary/aromatic N) is 1. The summed E-state index contributed by atoms with van der Waals surface area (Å²) in [4.78, 5) is 22.7. The van der Waals surface area contributed by atoms with Crippen LogP contribution in [0.3, 0.4) is 0 Å². The molecule has 1 amide bonds. The largest absolute Gasteiger partial charge is 0.326 e.